The highest BCUT2D eigenvalue weighted by Crippen LogP contribution is 2.29. The SMILES string of the molecule is COc1ccc(N(CC(=O)N2CCc3ccccc32)S(=O)(=O)C=Cc2ccccc2)cc1. The number of benzene rings is 3. The van der Waals surface area contributed by atoms with Crippen molar-refractivity contribution in [3.8, 4) is 5.75 Å². The van der Waals surface area contributed by atoms with Crippen molar-refractivity contribution in [2.45, 2.75) is 6.42 Å². The second kappa shape index (κ2) is 9.28. The number of para-hydroxylation sites is 1. The van der Waals surface area contributed by atoms with Crippen LogP contribution in [-0.2, 0) is 21.2 Å². The molecule has 4 rings (SSSR count). The summed E-state index contributed by atoms with van der Waals surface area (Å²) in [5.74, 6) is 0.327. The van der Waals surface area contributed by atoms with Crippen LogP contribution in [0.5, 0.6) is 5.75 Å². The summed E-state index contributed by atoms with van der Waals surface area (Å²) >= 11 is 0. The van der Waals surface area contributed by atoms with Crippen molar-refractivity contribution >= 4 is 33.4 Å². The molecule has 1 aliphatic rings. The topological polar surface area (TPSA) is 66.9 Å². The Kier molecular flexibility index (Phi) is 6.28. The molecule has 0 radical (unpaired) electrons. The van der Waals surface area contributed by atoms with Gasteiger partial charge >= 0.3 is 0 Å². The van der Waals surface area contributed by atoms with E-state index < -0.39 is 10.0 Å². The Hall–Kier alpha value is -3.58. The van der Waals surface area contributed by atoms with E-state index in [4.69, 9.17) is 4.74 Å². The van der Waals surface area contributed by atoms with Crippen LogP contribution < -0.4 is 13.9 Å². The number of anilines is 2. The van der Waals surface area contributed by atoms with Crippen LogP contribution in [0.15, 0.2) is 84.3 Å². The quantitative estimate of drug-likeness (QED) is 0.546. The molecule has 7 heteroatoms. The van der Waals surface area contributed by atoms with Crippen molar-refractivity contribution in [2.75, 3.05) is 29.4 Å². The van der Waals surface area contributed by atoms with E-state index in [1.165, 1.54) is 6.08 Å². The van der Waals surface area contributed by atoms with Crippen LogP contribution >= 0.6 is 0 Å². The van der Waals surface area contributed by atoms with Crippen LogP contribution in [0, 0.1) is 0 Å². The summed E-state index contributed by atoms with van der Waals surface area (Å²) in [6.45, 7) is 0.233. The number of methoxy groups -OCH3 is 1. The summed E-state index contributed by atoms with van der Waals surface area (Å²) in [4.78, 5) is 14.9. The molecule has 164 valence electrons. The number of sulfonamides is 1. The van der Waals surface area contributed by atoms with Crippen molar-refractivity contribution < 1.29 is 17.9 Å². The Bertz CT molecular complexity index is 1220. The maximum Gasteiger partial charge on any atom is 0.257 e. The number of carbonyl (C=O) groups excluding carboxylic acids is 1. The maximum atomic E-state index is 13.3. The summed E-state index contributed by atoms with van der Waals surface area (Å²) in [6, 6.07) is 23.5. The summed E-state index contributed by atoms with van der Waals surface area (Å²) in [5, 5.41) is 1.14. The minimum Gasteiger partial charge on any atom is -0.497 e. The lowest BCUT2D eigenvalue weighted by Crippen LogP contribution is -2.42. The molecule has 1 aliphatic heterocycles. The van der Waals surface area contributed by atoms with Gasteiger partial charge in [-0.05, 0) is 54.0 Å². The molecule has 0 aromatic heterocycles. The molecule has 0 N–H and O–H groups in total. The molecule has 3 aromatic carbocycles. The van der Waals surface area contributed by atoms with Crippen LogP contribution in [-0.4, -0.2) is 34.5 Å². The zero-order valence-corrected chi connectivity index (χ0v) is 18.5. The lowest BCUT2D eigenvalue weighted by atomic mass is 10.2. The fourth-order valence-corrected chi connectivity index (χ4v) is 4.87. The smallest absolute Gasteiger partial charge is 0.257 e. The average molecular weight is 449 g/mol. The summed E-state index contributed by atoms with van der Waals surface area (Å²) < 4.78 is 32.9. The van der Waals surface area contributed by atoms with Gasteiger partial charge in [-0.1, -0.05) is 48.5 Å². The number of nitrogens with zero attached hydrogens (tertiary/aromatic N) is 2. The first-order chi connectivity index (χ1) is 15.5. The van der Waals surface area contributed by atoms with E-state index in [9.17, 15) is 13.2 Å². The molecule has 0 spiro atoms. The molecule has 0 saturated carbocycles. The van der Waals surface area contributed by atoms with Gasteiger partial charge in [0.1, 0.15) is 12.3 Å². The van der Waals surface area contributed by atoms with Crippen LogP contribution in [0.3, 0.4) is 0 Å². The van der Waals surface area contributed by atoms with Gasteiger partial charge in [0.05, 0.1) is 18.2 Å². The summed E-state index contributed by atoms with van der Waals surface area (Å²) in [6.07, 6.45) is 2.28. The second-order valence-electron chi connectivity index (χ2n) is 7.39. The van der Waals surface area contributed by atoms with E-state index in [1.54, 1.807) is 36.3 Å². The first kappa shape index (κ1) is 21.6. The van der Waals surface area contributed by atoms with Gasteiger partial charge in [-0.15, -0.1) is 0 Å². The zero-order valence-electron chi connectivity index (χ0n) is 17.7. The first-order valence-corrected chi connectivity index (χ1v) is 11.8. The molecular formula is C25H24N2O4S. The minimum absolute atomic E-state index is 0.276. The highest BCUT2D eigenvalue weighted by Gasteiger charge is 2.29. The summed E-state index contributed by atoms with van der Waals surface area (Å²) in [5.41, 5.74) is 3.07. The van der Waals surface area contributed by atoms with E-state index in [0.717, 1.165) is 32.9 Å². The Labute approximate surface area is 188 Å². The number of hydrogen-bond acceptors (Lipinski definition) is 4. The van der Waals surface area contributed by atoms with Crippen molar-refractivity contribution in [2.24, 2.45) is 0 Å². The van der Waals surface area contributed by atoms with Crippen molar-refractivity contribution in [3.05, 3.63) is 95.4 Å². The van der Waals surface area contributed by atoms with E-state index >= 15 is 0 Å². The molecular weight excluding hydrogens is 424 g/mol. The molecule has 0 atom stereocenters. The van der Waals surface area contributed by atoms with Crippen LogP contribution in [0.4, 0.5) is 11.4 Å². The summed E-state index contributed by atoms with van der Waals surface area (Å²) in [7, 11) is -2.39. The third-order valence-corrected chi connectivity index (χ3v) is 6.80. The van der Waals surface area contributed by atoms with Gasteiger partial charge < -0.3 is 9.64 Å². The molecule has 1 amide bonds. The number of carbonyl (C=O) groups is 1. The molecule has 6 nitrogen and oxygen atoms in total. The molecule has 3 aromatic rings. The fourth-order valence-electron chi connectivity index (χ4n) is 3.68. The second-order valence-corrected chi connectivity index (χ2v) is 9.13. The third-order valence-electron chi connectivity index (χ3n) is 5.37. The standard InChI is InChI=1S/C25H24N2O4S/c1-31-23-13-11-22(12-14-23)27(32(29,30)18-16-20-7-3-2-4-8-20)19-25(28)26-17-15-21-9-5-6-10-24(21)26/h2-14,16,18H,15,17,19H2,1H3. The van der Waals surface area contributed by atoms with Crippen LogP contribution in [0.2, 0.25) is 0 Å². The predicted octanol–water partition coefficient (Wildman–Crippen LogP) is 4.09. The van der Waals surface area contributed by atoms with Crippen molar-refractivity contribution in [1.29, 1.82) is 0 Å². The number of fused-ring (bicyclic) bond motifs is 1. The lowest BCUT2D eigenvalue weighted by molar-refractivity contribution is -0.117. The van der Waals surface area contributed by atoms with Crippen molar-refractivity contribution in [1.82, 2.24) is 0 Å². The van der Waals surface area contributed by atoms with Crippen LogP contribution in [0.1, 0.15) is 11.1 Å². The molecule has 0 fully saturated rings. The molecule has 0 bridgehead atoms. The van der Waals surface area contributed by atoms with Gasteiger partial charge in [0.2, 0.25) is 5.91 Å². The van der Waals surface area contributed by atoms with E-state index in [-0.39, 0.29) is 12.5 Å². The third kappa shape index (κ3) is 4.68. The lowest BCUT2D eigenvalue weighted by Gasteiger charge is -2.25. The van der Waals surface area contributed by atoms with Gasteiger partial charge in [0.15, 0.2) is 0 Å². The predicted molar refractivity (Wildman–Crippen MR) is 127 cm³/mol. The number of hydrogen-bond donors (Lipinski definition) is 0. The Balaban J connectivity index is 1.64. The monoisotopic (exact) mass is 448 g/mol. The number of amides is 1. The van der Waals surface area contributed by atoms with Gasteiger partial charge in [-0.2, -0.15) is 0 Å². The van der Waals surface area contributed by atoms with Gasteiger partial charge in [0, 0.05) is 12.2 Å². The minimum atomic E-state index is -3.93. The van der Waals surface area contributed by atoms with Crippen molar-refractivity contribution in [3.63, 3.8) is 0 Å². The number of rotatable bonds is 7. The van der Waals surface area contributed by atoms with E-state index in [1.807, 2.05) is 54.6 Å². The number of ether oxygens (including phenoxy) is 1. The molecule has 1 heterocycles. The van der Waals surface area contributed by atoms with Gasteiger partial charge in [-0.3, -0.25) is 9.10 Å². The maximum absolute atomic E-state index is 13.3. The molecule has 0 aliphatic carbocycles. The normalized spacial score (nSPS) is 13.2. The van der Waals surface area contributed by atoms with E-state index in [0.29, 0.717) is 18.0 Å². The highest BCUT2D eigenvalue weighted by atomic mass is 32.2. The molecule has 0 unspecified atom stereocenters. The fraction of sp³-hybridized carbons (Fsp3) is 0.160. The van der Waals surface area contributed by atoms with E-state index in [2.05, 4.69) is 0 Å². The Morgan fingerprint density at radius 3 is 2.41 bits per heavy atom. The first-order valence-electron chi connectivity index (χ1n) is 10.3. The van der Waals surface area contributed by atoms with Gasteiger partial charge in [0.25, 0.3) is 10.0 Å². The average Bonchev–Trinajstić information content (AvgIpc) is 3.26. The Morgan fingerprint density at radius 1 is 1.00 bits per heavy atom. The molecule has 32 heavy (non-hydrogen) atoms. The Morgan fingerprint density at radius 2 is 1.69 bits per heavy atom. The molecule has 0 saturated heterocycles. The highest BCUT2D eigenvalue weighted by molar-refractivity contribution is 7.95. The van der Waals surface area contributed by atoms with Crippen LogP contribution in [0.25, 0.3) is 6.08 Å². The zero-order chi connectivity index (χ0) is 22.6. The van der Waals surface area contributed by atoms with Gasteiger partial charge in [-0.25, -0.2) is 8.42 Å². The largest absolute Gasteiger partial charge is 0.497 e.